The monoisotopic (exact) mass is 151 g/mol. The highest BCUT2D eigenvalue weighted by Crippen LogP contribution is 2.05. The molecule has 0 saturated heterocycles. The van der Waals surface area contributed by atoms with Gasteiger partial charge in [0, 0.05) is 12.8 Å². The summed E-state index contributed by atoms with van der Waals surface area (Å²) < 4.78 is 34.8. The first-order valence-corrected chi connectivity index (χ1v) is 2.27. The Bertz CT molecular complexity index is 191. The fourth-order valence-electron chi connectivity index (χ4n) is 0.312. The van der Waals surface area contributed by atoms with Crippen LogP contribution in [0.25, 0.3) is 0 Å². The lowest BCUT2D eigenvalue weighted by atomic mass is 10.5. The number of hydrogen-bond donors (Lipinski definition) is 1. The number of amides is 1. The Morgan fingerprint density at radius 1 is 1.60 bits per heavy atom. The van der Waals surface area contributed by atoms with Gasteiger partial charge in [0.25, 0.3) is 0 Å². The molecule has 0 aliphatic rings. The molecule has 0 saturated carbocycles. The Labute approximate surface area is 55.4 Å². The predicted octanol–water partition coefficient (Wildman–Crippen LogP) is 0.646. The van der Waals surface area contributed by atoms with Crippen LogP contribution in [0.15, 0.2) is 0 Å². The molecule has 0 unspecified atom stereocenters. The Balaban J connectivity index is 4.08. The number of rotatable bonds is 1. The lowest BCUT2D eigenvalue weighted by Crippen LogP contribution is -2.38. The Kier molecular flexibility index (Phi) is 2.74. The molecule has 0 rings (SSSR count). The van der Waals surface area contributed by atoms with Crippen molar-refractivity contribution in [3.63, 3.8) is 0 Å². The SMILES string of the molecule is CC(=O)NC(F)(F)C#CF. The Hall–Kier alpha value is -1.18. The Morgan fingerprint density at radius 3 is 2.40 bits per heavy atom. The van der Waals surface area contributed by atoms with Gasteiger partial charge in [0.2, 0.25) is 5.91 Å². The second kappa shape index (κ2) is 3.11. The highest BCUT2D eigenvalue weighted by Gasteiger charge is 2.26. The van der Waals surface area contributed by atoms with Crippen molar-refractivity contribution in [3.05, 3.63) is 0 Å². The molecule has 0 heterocycles. The summed E-state index contributed by atoms with van der Waals surface area (Å²) in [7, 11) is 0. The first kappa shape index (κ1) is 8.82. The minimum atomic E-state index is -3.76. The summed E-state index contributed by atoms with van der Waals surface area (Å²) in [5.74, 6) is -0.0938. The van der Waals surface area contributed by atoms with Gasteiger partial charge in [-0.15, -0.1) is 4.39 Å². The van der Waals surface area contributed by atoms with E-state index < -0.39 is 12.0 Å². The quantitative estimate of drug-likeness (QED) is 0.432. The van der Waals surface area contributed by atoms with Crippen LogP contribution >= 0.6 is 0 Å². The van der Waals surface area contributed by atoms with E-state index in [1.807, 2.05) is 0 Å². The maximum absolute atomic E-state index is 11.9. The van der Waals surface area contributed by atoms with Crippen molar-refractivity contribution < 1.29 is 18.0 Å². The molecule has 0 aliphatic heterocycles. The molecule has 0 spiro atoms. The third-order valence-corrected chi connectivity index (χ3v) is 0.537. The number of carbonyl (C=O) groups excluding carboxylic acids is 1. The van der Waals surface area contributed by atoms with Crippen LogP contribution in [0.2, 0.25) is 0 Å². The maximum atomic E-state index is 11.9. The van der Waals surface area contributed by atoms with E-state index >= 15 is 0 Å². The molecule has 0 aliphatic carbocycles. The fourth-order valence-corrected chi connectivity index (χ4v) is 0.312. The standard InChI is InChI=1S/C5H4F3NO/c1-4(10)9-5(7,8)2-3-6/h1H3,(H,9,10). The molecule has 0 atom stereocenters. The largest absolute Gasteiger partial charge is 0.393 e. The number of alkyl halides is 2. The van der Waals surface area contributed by atoms with Crippen molar-refractivity contribution in [1.29, 1.82) is 0 Å². The molecule has 0 aromatic rings. The summed E-state index contributed by atoms with van der Waals surface area (Å²) in [5, 5.41) is 1.13. The number of nitrogens with one attached hydrogen (secondary N) is 1. The molecule has 0 aromatic carbocycles. The highest BCUT2D eigenvalue weighted by molar-refractivity contribution is 5.73. The van der Waals surface area contributed by atoms with Gasteiger partial charge < -0.3 is 0 Å². The molecule has 0 bridgehead atoms. The highest BCUT2D eigenvalue weighted by atomic mass is 19.3. The molecule has 0 fully saturated rings. The summed E-state index contributed by atoms with van der Waals surface area (Å²) in [6, 6.07) is -3.76. The lowest BCUT2D eigenvalue weighted by molar-refractivity contribution is -0.125. The van der Waals surface area contributed by atoms with Crippen molar-refractivity contribution in [2.75, 3.05) is 0 Å². The van der Waals surface area contributed by atoms with Crippen molar-refractivity contribution in [2.45, 2.75) is 13.0 Å². The van der Waals surface area contributed by atoms with Gasteiger partial charge in [-0.2, -0.15) is 8.78 Å². The average molecular weight is 151 g/mol. The lowest BCUT2D eigenvalue weighted by Gasteiger charge is -2.07. The van der Waals surface area contributed by atoms with Crippen molar-refractivity contribution in [1.82, 2.24) is 5.32 Å². The van der Waals surface area contributed by atoms with E-state index in [2.05, 4.69) is 0 Å². The Morgan fingerprint density at radius 2 is 2.10 bits per heavy atom. The van der Waals surface area contributed by atoms with Crippen LogP contribution in [0.3, 0.4) is 0 Å². The number of halogens is 3. The second-order valence-electron chi connectivity index (χ2n) is 1.48. The first-order chi connectivity index (χ1) is 4.48. The van der Waals surface area contributed by atoms with Crippen LogP contribution in [0.4, 0.5) is 13.2 Å². The maximum Gasteiger partial charge on any atom is 0.393 e. The molecule has 10 heavy (non-hydrogen) atoms. The average Bonchev–Trinajstić information content (AvgIpc) is 1.59. The van der Waals surface area contributed by atoms with E-state index in [0.29, 0.717) is 6.17 Å². The van der Waals surface area contributed by atoms with E-state index in [0.717, 1.165) is 18.2 Å². The molecule has 0 radical (unpaired) electrons. The third kappa shape index (κ3) is 3.78. The summed E-state index contributed by atoms with van der Waals surface area (Å²) >= 11 is 0. The topological polar surface area (TPSA) is 29.1 Å². The van der Waals surface area contributed by atoms with Crippen LogP contribution in [0, 0.1) is 12.1 Å². The number of hydrogen-bond acceptors (Lipinski definition) is 1. The van der Waals surface area contributed by atoms with Crippen LogP contribution < -0.4 is 5.32 Å². The van der Waals surface area contributed by atoms with Gasteiger partial charge in [0.05, 0.1) is 0 Å². The summed E-state index contributed by atoms with van der Waals surface area (Å²) in [4.78, 5) is 9.95. The summed E-state index contributed by atoms with van der Waals surface area (Å²) in [6.45, 7) is 0.883. The van der Waals surface area contributed by atoms with Crippen LogP contribution in [-0.4, -0.2) is 12.0 Å². The minimum Gasteiger partial charge on any atom is -0.286 e. The van der Waals surface area contributed by atoms with Gasteiger partial charge in [-0.25, -0.2) is 0 Å². The van der Waals surface area contributed by atoms with Gasteiger partial charge in [0.15, 0.2) is 0 Å². The van der Waals surface area contributed by atoms with Crippen LogP contribution in [-0.2, 0) is 4.79 Å². The van der Waals surface area contributed by atoms with E-state index in [9.17, 15) is 18.0 Å². The fraction of sp³-hybridized carbons (Fsp3) is 0.400. The van der Waals surface area contributed by atoms with Crippen LogP contribution in [0.1, 0.15) is 6.92 Å². The van der Waals surface area contributed by atoms with Crippen molar-refractivity contribution in [3.8, 4) is 12.1 Å². The summed E-state index contributed by atoms with van der Waals surface area (Å²) in [6.07, 6.45) is 0.499. The zero-order valence-electron chi connectivity index (χ0n) is 5.04. The van der Waals surface area contributed by atoms with Gasteiger partial charge in [-0.1, -0.05) is 0 Å². The smallest absolute Gasteiger partial charge is 0.286 e. The normalized spacial score (nSPS) is 9.60. The molecule has 2 nitrogen and oxygen atoms in total. The van der Waals surface area contributed by atoms with Gasteiger partial charge in [0.1, 0.15) is 6.17 Å². The predicted molar refractivity (Wildman–Crippen MR) is 27.6 cm³/mol. The van der Waals surface area contributed by atoms with Crippen molar-refractivity contribution >= 4 is 5.91 Å². The molecule has 56 valence electrons. The zero-order valence-corrected chi connectivity index (χ0v) is 5.04. The van der Waals surface area contributed by atoms with Crippen molar-refractivity contribution in [2.24, 2.45) is 0 Å². The van der Waals surface area contributed by atoms with E-state index in [1.54, 1.807) is 0 Å². The van der Waals surface area contributed by atoms with Gasteiger partial charge >= 0.3 is 6.05 Å². The molecule has 1 amide bonds. The van der Waals surface area contributed by atoms with Gasteiger partial charge in [-0.05, 0) is 0 Å². The second-order valence-corrected chi connectivity index (χ2v) is 1.48. The van der Waals surface area contributed by atoms with Crippen LogP contribution in [0.5, 0.6) is 0 Å². The molecule has 1 N–H and O–H groups in total. The summed E-state index contributed by atoms with van der Waals surface area (Å²) in [5.41, 5.74) is 0. The third-order valence-electron chi connectivity index (χ3n) is 0.537. The number of carbonyl (C=O) groups is 1. The van der Waals surface area contributed by atoms with E-state index in [1.165, 1.54) is 0 Å². The molecular weight excluding hydrogens is 147 g/mol. The van der Waals surface area contributed by atoms with Gasteiger partial charge in [-0.3, -0.25) is 10.1 Å². The molecular formula is C5H4F3NO. The minimum absolute atomic E-state index is 0.499. The molecule has 0 aromatic heterocycles. The first-order valence-electron chi connectivity index (χ1n) is 2.27. The van der Waals surface area contributed by atoms with E-state index in [-0.39, 0.29) is 0 Å². The van der Waals surface area contributed by atoms with E-state index in [4.69, 9.17) is 0 Å². The zero-order chi connectivity index (χ0) is 8.20. The molecule has 5 heteroatoms.